The highest BCUT2D eigenvalue weighted by atomic mass is 16.5. The largest absolute Gasteiger partial charge is 0.497 e. The van der Waals surface area contributed by atoms with Gasteiger partial charge in [-0.2, -0.15) is 0 Å². The summed E-state index contributed by atoms with van der Waals surface area (Å²) in [5.74, 6) is -1.13. The van der Waals surface area contributed by atoms with Gasteiger partial charge in [-0.3, -0.25) is 19.3 Å². The lowest BCUT2D eigenvalue weighted by Crippen LogP contribution is -2.56. The fourth-order valence-electron chi connectivity index (χ4n) is 4.21. The van der Waals surface area contributed by atoms with Gasteiger partial charge in [-0.05, 0) is 51.8 Å². The topological polar surface area (TPSA) is 169 Å². The van der Waals surface area contributed by atoms with Crippen LogP contribution in [-0.2, 0) is 20.8 Å². The number of likely N-dealkylation sites (tertiary alicyclic amines) is 1. The van der Waals surface area contributed by atoms with Crippen molar-refractivity contribution < 1.29 is 39.2 Å². The average molecular weight is 509 g/mol. The molecule has 1 aromatic carbocycles. The monoisotopic (exact) mass is 508 g/mol. The lowest BCUT2D eigenvalue weighted by molar-refractivity contribution is -0.134. The third kappa shape index (κ3) is 7.31. The van der Waals surface area contributed by atoms with E-state index < -0.39 is 66.7 Å². The van der Waals surface area contributed by atoms with Gasteiger partial charge < -0.3 is 35.6 Å². The zero-order valence-electron chi connectivity index (χ0n) is 21.2. The van der Waals surface area contributed by atoms with Crippen LogP contribution in [0.2, 0.25) is 0 Å². The Labute approximate surface area is 210 Å². The van der Waals surface area contributed by atoms with Gasteiger partial charge in [-0.1, -0.05) is 12.1 Å². The molecular formula is C24H36N4O8. The first-order valence-corrected chi connectivity index (χ1v) is 11.6. The Bertz CT molecular complexity index is 946. The van der Waals surface area contributed by atoms with E-state index in [4.69, 9.17) is 4.74 Å². The van der Waals surface area contributed by atoms with Crippen LogP contribution < -0.4 is 15.4 Å². The molecule has 0 spiro atoms. The second-order valence-corrected chi connectivity index (χ2v) is 9.72. The second kappa shape index (κ2) is 12.0. The molecule has 0 radical (unpaired) electrons. The van der Waals surface area contributed by atoms with E-state index in [0.717, 1.165) is 10.5 Å². The van der Waals surface area contributed by atoms with Gasteiger partial charge in [0.15, 0.2) is 0 Å². The lowest BCUT2D eigenvalue weighted by atomic mass is 10.0. The highest BCUT2D eigenvalue weighted by Gasteiger charge is 2.42. The van der Waals surface area contributed by atoms with E-state index in [0.29, 0.717) is 12.2 Å². The fourth-order valence-corrected chi connectivity index (χ4v) is 4.21. The van der Waals surface area contributed by atoms with Gasteiger partial charge >= 0.3 is 6.09 Å². The quantitative estimate of drug-likeness (QED) is 0.299. The van der Waals surface area contributed by atoms with E-state index in [1.807, 2.05) is 0 Å². The van der Waals surface area contributed by atoms with Crippen LogP contribution in [0.15, 0.2) is 24.3 Å². The molecule has 1 saturated heterocycles. The van der Waals surface area contributed by atoms with Crippen molar-refractivity contribution in [2.24, 2.45) is 0 Å². The van der Waals surface area contributed by atoms with Crippen LogP contribution in [-0.4, -0.2) is 106 Å². The number of nitrogens with zero attached hydrogens (tertiary/aromatic N) is 2. The molecule has 0 aromatic heterocycles. The predicted octanol–water partition coefficient (Wildman–Crippen LogP) is -0.430. The highest BCUT2D eigenvalue weighted by molar-refractivity contribution is 5.90. The molecule has 1 fully saturated rings. The van der Waals surface area contributed by atoms with Crippen molar-refractivity contribution in [2.75, 3.05) is 26.7 Å². The van der Waals surface area contributed by atoms with Gasteiger partial charge in [-0.15, -0.1) is 0 Å². The number of benzene rings is 1. The fraction of sp³-hybridized carbons (Fsp3) is 0.583. The summed E-state index contributed by atoms with van der Waals surface area (Å²) in [5, 5.41) is 34.7. The van der Waals surface area contributed by atoms with Crippen LogP contribution in [0, 0.1) is 0 Å². The van der Waals surface area contributed by atoms with E-state index in [1.54, 1.807) is 52.1 Å². The normalized spacial score (nSPS) is 20.4. The second-order valence-electron chi connectivity index (χ2n) is 9.72. The molecule has 1 aliphatic rings. The summed E-state index contributed by atoms with van der Waals surface area (Å²) in [7, 11) is 1.55. The van der Waals surface area contributed by atoms with Crippen LogP contribution in [0.25, 0.3) is 0 Å². The molecular weight excluding hydrogens is 472 g/mol. The minimum absolute atomic E-state index is 0.0806. The maximum atomic E-state index is 12.8. The number of nitrogens with one attached hydrogen (secondary N) is 2. The van der Waals surface area contributed by atoms with Gasteiger partial charge in [-0.25, -0.2) is 4.79 Å². The van der Waals surface area contributed by atoms with E-state index in [2.05, 4.69) is 10.6 Å². The molecule has 1 aliphatic heterocycles. The summed E-state index contributed by atoms with van der Waals surface area (Å²) in [6, 6.07) is 5.39. The Hall–Kier alpha value is -3.38. The van der Waals surface area contributed by atoms with E-state index >= 15 is 0 Å². The molecule has 12 nitrogen and oxygen atoms in total. The Morgan fingerprint density at radius 1 is 1.11 bits per heavy atom. The number of hydrogen-bond donors (Lipinski definition) is 5. The summed E-state index contributed by atoms with van der Waals surface area (Å²) in [5.41, 5.74) is 0.00286. The highest BCUT2D eigenvalue weighted by Crippen LogP contribution is 2.23. The number of ether oxygens (including phenoxy) is 1. The number of aliphatic hydroxyl groups excluding tert-OH is 2. The van der Waals surface area contributed by atoms with Crippen molar-refractivity contribution in [3.63, 3.8) is 0 Å². The van der Waals surface area contributed by atoms with E-state index in [1.165, 1.54) is 11.8 Å². The Kier molecular flexibility index (Phi) is 9.65. The van der Waals surface area contributed by atoms with E-state index in [-0.39, 0.29) is 6.54 Å². The maximum Gasteiger partial charge on any atom is 0.408 e. The smallest absolute Gasteiger partial charge is 0.408 e. The first kappa shape index (κ1) is 28.9. The van der Waals surface area contributed by atoms with Crippen molar-refractivity contribution in [3.8, 4) is 5.75 Å². The molecule has 5 N–H and O–H groups in total. The number of carboxylic acid groups (broad SMARTS) is 1. The van der Waals surface area contributed by atoms with E-state index in [9.17, 15) is 34.5 Å². The number of amides is 4. The molecule has 36 heavy (non-hydrogen) atoms. The number of hydrogen-bond acceptors (Lipinski definition) is 7. The number of β-amino-alcohol motifs (C(OH)–C–C–N with tert-alkyl or cyclic N) is 1. The summed E-state index contributed by atoms with van der Waals surface area (Å²) < 4.78 is 5.13. The van der Waals surface area contributed by atoms with Gasteiger partial charge in [0.2, 0.25) is 17.7 Å². The third-order valence-electron chi connectivity index (χ3n) is 6.05. The SMILES string of the molecule is COc1ccc(C[C@@H]2[C@H](O)[C@@H](O)CN2C(=O)CNC(=O)CNC(=O)[C@H](C)N(C(=O)O)C(C)(C)C)cc1. The maximum absolute atomic E-state index is 12.8. The molecule has 0 saturated carbocycles. The van der Waals surface area contributed by atoms with Gasteiger partial charge in [0.05, 0.1) is 32.3 Å². The van der Waals surface area contributed by atoms with Crippen LogP contribution in [0.3, 0.4) is 0 Å². The minimum Gasteiger partial charge on any atom is -0.497 e. The molecule has 2 rings (SSSR count). The molecule has 4 amide bonds. The van der Waals surface area contributed by atoms with Crippen LogP contribution in [0.4, 0.5) is 4.79 Å². The standard InChI is InChI=1S/C24H36N4O8/c1-14(28(23(34)35)24(2,3)4)22(33)26-11-19(30)25-12-20(31)27-13-18(29)21(32)17(27)10-15-6-8-16(36-5)9-7-15/h6-9,14,17-18,21,29,32H,10-13H2,1-5H3,(H,25,30)(H,26,33)(H,34,35)/t14-,17+,18-,21-/m0/s1. The Balaban J connectivity index is 1.90. The third-order valence-corrected chi connectivity index (χ3v) is 6.05. The zero-order valence-corrected chi connectivity index (χ0v) is 21.2. The lowest BCUT2D eigenvalue weighted by Gasteiger charge is -2.37. The van der Waals surface area contributed by atoms with Crippen molar-refractivity contribution in [3.05, 3.63) is 29.8 Å². The molecule has 0 bridgehead atoms. The first-order valence-electron chi connectivity index (χ1n) is 11.6. The predicted molar refractivity (Wildman–Crippen MR) is 129 cm³/mol. The summed E-state index contributed by atoms with van der Waals surface area (Å²) >= 11 is 0. The summed E-state index contributed by atoms with van der Waals surface area (Å²) in [6.45, 7) is 5.44. The molecule has 0 aliphatic carbocycles. The summed E-state index contributed by atoms with van der Waals surface area (Å²) in [6.07, 6.45) is -3.23. The first-order chi connectivity index (χ1) is 16.8. The van der Waals surface area contributed by atoms with Gasteiger partial charge in [0.25, 0.3) is 0 Å². The molecule has 200 valence electrons. The molecule has 12 heteroatoms. The van der Waals surface area contributed by atoms with Crippen LogP contribution >= 0.6 is 0 Å². The van der Waals surface area contributed by atoms with Crippen molar-refractivity contribution in [1.29, 1.82) is 0 Å². The zero-order chi connectivity index (χ0) is 27.2. The number of carbonyl (C=O) groups excluding carboxylic acids is 3. The number of carbonyl (C=O) groups is 4. The summed E-state index contributed by atoms with van der Waals surface area (Å²) in [4.78, 5) is 51.2. The number of aliphatic hydroxyl groups is 2. The molecule has 0 unspecified atom stereocenters. The van der Waals surface area contributed by atoms with Gasteiger partial charge in [0, 0.05) is 12.1 Å². The molecule has 1 aromatic rings. The molecule has 4 atom stereocenters. The Morgan fingerprint density at radius 2 is 1.72 bits per heavy atom. The van der Waals surface area contributed by atoms with Crippen molar-refractivity contribution >= 4 is 23.8 Å². The van der Waals surface area contributed by atoms with Crippen molar-refractivity contribution in [1.82, 2.24) is 20.4 Å². The Morgan fingerprint density at radius 3 is 2.25 bits per heavy atom. The number of methoxy groups -OCH3 is 1. The molecule has 1 heterocycles. The average Bonchev–Trinajstić information content (AvgIpc) is 3.08. The van der Waals surface area contributed by atoms with Gasteiger partial charge in [0.1, 0.15) is 17.9 Å². The number of rotatable bonds is 9. The van der Waals surface area contributed by atoms with Crippen LogP contribution in [0.1, 0.15) is 33.3 Å². The van der Waals surface area contributed by atoms with Crippen LogP contribution in [0.5, 0.6) is 5.75 Å². The van der Waals surface area contributed by atoms with Crippen molar-refractivity contribution in [2.45, 2.75) is 63.9 Å². The minimum atomic E-state index is -1.26.